The largest absolute Gasteiger partial charge is 0.337 e. The lowest BCUT2D eigenvalue weighted by molar-refractivity contribution is 0.0938. The van der Waals surface area contributed by atoms with Crippen molar-refractivity contribution in [2.45, 2.75) is 90.3 Å². The molecule has 4 heterocycles. The van der Waals surface area contributed by atoms with Crippen molar-refractivity contribution < 1.29 is 9.18 Å². The highest BCUT2D eigenvalue weighted by atomic mass is 19.1. The summed E-state index contributed by atoms with van der Waals surface area (Å²) in [5.74, 6) is 0.556. The van der Waals surface area contributed by atoms with Gasteiger partial charge in [0.25, 0.3) is 5.56 Å². The minimum atomic E-state index is -0.635. The van der Waals surface area contributed by atoms with Crippen LogP contribution in [0.4, 0.5) is 4.39 Å². The second kappa shape index (κ2) is 14.6. The van der Waals surface area contributed by atoms with Gasteiger partial charge in [-0.05, 0) is 99.3 Å². The van der Waals surface area contributed by atoms with E-state index in [1.165, 1.54) is 27.2 Å². The Labute approximate surface area is 291 Å². The number of halogens is 1. The molecule has 10 heteroatoms. The van der Waals surface area contributed by atoms with E-state index in [9.17, 15) is 18.8 Å². The number of Topliss-reactive ketones (excluding diaryl/α,β-unsaturated/α-hetero) is 1. The highest BCUT2D eigenvalue weighted by molar-refractivity contribution is 5.94. The van der Waals surface area contributed by atoms with Gasteiger partial charge >= 0.3 is 5.69 Å². The van der Waals surface area contributed by atoms with Gasteiger partial charge in [-0.1, -0.05) is 49.7 Å². The average Bonchev–Trinajstić information content (AvgIpc) is 3.57. The number of ketones is 1. The maximum absolute atomic E-state index is 14.5. The lowest BCUT2D eigenvalue weighted by atomic mass is 9.82. The molecule has 0 radical (unpaired) electrons. The molecule has 2 aliphatic rings. The molecule has 0 amide bonds. The van der Waals surface area contributed by atoms with Gasteiger partial charge in [-0.15, -0.1) is 0 Å². The third-order valence-corrected chi connectivity index (χ3v) is 10.5. The van der Waals surface area contributed by atoms with E-state index < -0.39 is 17.1 Å². The first-order valence-corrected chi connectivity index (χ1v) is 18.1. The maximum Gasteiger partial charge on any atom is 0.337 e. The van der Waals surface area contributed by atoms with Crippen LogP contribution in [0.15, 0.2) is 76.6 Å². The second-order valence-electron chi connectivity index (χ2n) is 14.2. The van der Waals surface area contributed by atoms with Gasteiger partial charge in [0, 0.05) is 38.2 Å². The van der Waals surface area contributed by atoms with E-state index >= 15 is 0 Å². The highest BCUT2D eigenvalue weighted by Crippen LogP contribution is 2.34. The number of carbonyl (C=O) groups excluding carboxylic acids is 1. The third-order valence-electron chi connectivity index (χ3n) is 10.5. The molecule has 0 saturated heterocycles. The van der Waals surface area contributed by atoms with Gasteiger partial charge < -0.3 is 9.47 Å². The predicted octanol–water partition coefficient (Wildman–Crippen LogP) is 7.12. The first-order valence-electron chi connectivity index (χ1n) is 18.1. The maximum atomic E-state index is 14.5. The Hall–Kier alpha value is -4.70. The molecule has 3 aromatic heterocycles. The monoisotopic (exact) mass is 676 g/mol. The minimum absolute atomic E-state index is 0.0518. The molecule has 1 aliphatic heterocycles. The zero-order valence-electron chi connectivity index (χ0n) is 29.0. The summed E-state index contributed by atoms with van der Waals surface area (Å²) in [6, 6.07) is 16.8. The average molecular weight is 677 g/mol. The lowest BCUT2D eigenvalue weighted by Gasteiger charge is -2.29. The number of unbranched alkanes of at least 4 members (excludes halogenated alkanes) is 1. The van der Waals surface area contributed by atoms with Crippen LogP contribution in [0.1, 0.15) is 92.6 Å². The van der Waals surface area contributed by atoms with E-state index in [0.717, 1.165) is 68.5 Å². The molecular formula is C40H45FN6O3. The summed E-state index contributed by atoms with van der Waals surface area (Å²) < 4.78 is 19.4. The van der Waals surface area contributed by atoms with Crippen LogP contribution in [0.3, 0.4) is 0 Å². The predicted molar refractivity (Wildman–Crippen MR) is 193 cm³/mol. The molecule has 2 aromatic carbocycles. The van der Waals surface area contributed by atoms with Crippen molar-refractivity contribution in [1.82, 2.24) is 28.6 Å². The molecule has 5 aromatic rings. The number of hydrogen-bond acceptors (Lipinski definition) is 6. The first kappa shape index (κ1) is 33.8. The molecule has 1 saturated carbocycles. The number of nitrogens with zero attached hydrogens (tertiary/aromatic N) is 6. The standard InChI is InChI=1S/C40H45FN6O3/c1-3-4-19-44(2)25-28-11-15-29(16-12-28)30-8-7-9-33(22-30)46-38-34(23-31(41)24-42-38)39(49)47(40(46)50)32-17-13-27(14-18-32)21-36(48)35-26-45-20-6-5-10-37(45)43-35/h7-9,11-12,15-16,22-24,26-27,32H,3-6,10,13-14,17-21,25H2,1-2H3. The van der Waals surface area contributed by atoms with Crippen LogP contribution in [0.25, 0.3) is 27.8 Å². The van der Waals surface area contributed by atoms with Gasteiger partial charge in [0.1, 0.15) is 17.3 Å². The Morgan fingerprint density at radius 2 is 1.80 bits per heavy atom. The number of carbonyl (C=O) groups is 1. The highest BCUT2D eigenvalue weighted by Gasteiger charge is 2.29. The van der Waals surface area contributed by atoms with Crippen molar-refractivity contribution in [2.24, 2.45) is 5.92 Å². The SMILES string of the molecule is CCCCN(C)Cc1ccc(-c2cccc(-n3c(=O)n(C4CCC(CC(=O)c5cn6c(n5)CCCC6)CC4)c(=O)c4cc(F)cnc43)c2)cc1. The summed E-state index contributed by atoms with van der Waals surface area (Å²) >= 11 is 0. The smallest absolute Gasteiger partial charge is 0.334 e. The van der Waals surface area contributed by atoms with E-state index in [1.54, 1.807) is 0 Å². The van der Waals surface area contributed by atoms with E-state index in [4.69, 9.17) is 0 Å². The van der Waals surface area contributed by atoms with E-state index in [-0.39, 0.29) is 28.8 Å². The topological polar surface area (TPSA) is 95.0 Å². The zero-order valence-corrected chi connectivity index (χ0v) is 29.0. The number of aromatic nitrogens is 5. The first-order chi connectivity index (χ1) is 24.3. The number of fused-ring (bicyclic) bond motifs is 2. The Bertz CT molecular complexity index is 2100. The van der Waals surface area contributed by atoms with Crippen LogP contribution in [-0.4, -0.2) is 47.9 Å². The van der Waals surface area contributed by atoms with Crippen molar-refractivity contribution in [3.63, 3.8) is 0 Å². The van der Waals surface area contributed by atoms with Gasteiger partial charge in [0.15, 0.2) is 11.4 Å². The van der Waals surface area contributed by atoms with Crippen LogP contribution in [0.2, 0.25) is 0 Å². The number of benzene rings is 2. The molecule has 1 fully saturated rings. The molecule has 9 nitrogen and oxygen atoms in total. The van der Waals surface area contributed by atoms with Crippen LogP contribution in [-0.2, 0) is 19.5 Å². The van der Waals surface area contributed by atoms with Crippen molar-refractivity contribution in [2.75, 3.05) is 13.6 Å². The lowest BCUT2D eigenvalue weighted by Crippen LogP contribution is -2.43. The van der Waals surface area contributed by atoms with Gasteiger partial charge in [0.2, 0.25) is 0 Å². The van der Waals surface area contributed by atoms with Crippen LogP contribution in [0, 0.1) is 11.7 Å². The van der Waals surface area contributed by atoms with E-state index in [2.05, 4.69) is 57.7 Å². The molecule has 0 atom stereocenters. The van der Waals surface area contributed by atoms with E-state index in [0.29, 0.717) is 43.5 Å². The molecule has 50 heavy (non-hydrogen) atoms. The van der Waals surface area contributed by atoms with Crippen LogP contribution in [0.5, 0.6) is 0 Å². The number of rotatable bonds is 11. The van der Waals surface area contributed by atoms with E-state index in [1.807, 2.05) is 30.5 Å². The summed E-state index contributed by atoms with van der Waals surface area (Å²) in [6.45, 7) is 5.03. The fraction of sp³-hybridized carbons (Fsp3) is 0.425. The minimum Gasteiger partial charge on any atom is -0.334 e. The summed E-state index contributed by atoms with van der Waals surface area (Å²) in [5.41, 5.74) is 3.33. The van der Waals surface area contributed by atoms with Gasteiger partial charge in [0.05, 0.1) is 17.3 Å². The number of hydrogen-bond donors (Lipinski definition) is 0. The normalized spacial score (nSPS) is 17.7. The molecule has 0 N–H and O–H groups in total. The molecular weight excluding hydrogens is 631 g/mol. The molecule has 0 spiro atoms. The van der Waals surface area contributed by atoms with Crippen LogP contribution >= 0.6 is 0 Å². The Balaban J connectivity index is 1.14. The molecule has 1 aliphatic carbocycles. The molecule has 7 rings (SSSR count). The van der Waals surface area contributed by atoms with Crippen molar-refractivity contribution in [3.05, 3.63) is 111 Å². The number of aryl methyl sites for hydroxylation is 2. The summed E-state index contributed by atoms with van der Waals surface area (Å²) in [5, 5.41) is 0.0626. The second-order valence-corrected chi connectivity index (χ2v) is 14.2. The summed E-state index contributed by atoms with van der Waals surface area (Å²) in [4.78, 5) is 52.5. The van der Waals surface area contributed by atoms with Gasteiger partial charge in [-0.3, -0.25) is 14.2 Å². The summed E-state index contributed by atoms with van der Waals surface area (Å²) in [7, 11) is 2.13. The van der Waals surface area contributed by atoms with Crippen LogP contribution < -0.4 is 11.2 Å². The van der Waals surface area contributed by atoms with Gasteiger partial charge in [-0.2, -0.15) is 0 Å². The van der Waals surface area contributed by atoms with Crippen molar-refractivity contribution in [3.8, 4) is 16.8 Å². The molecule has 0 unspecified atom stereocenters. The Kier molecular flexibility index (Phi) is 9.90. The third kappa shape index (κ3) is 6.99. The fourth-order valence-corrected chi connectivity index (χ4v) is 7.70. The quantitative estimate of drug-likeness (QED) is 0.138. The number of imidazole rings is 1. The van der Waals surface area contributed by atoms with Crippen molar-refractivity contribution in [1.29, 1.82) is 0 Å². The zero-order chi connectivity index (χ0) is 34.8. The number of pyridine rings is 1. The van der Waals surface area contributed by atoms with Gasteiger partial charge in [-0.25, -0.2) is 23.7 Å². The molecule has 0 bridgehead atoms. The summed E-state index contributed by atoms with van der Waals surface area (Å²) in [6.07, 6.45) is 11.3. The Morgan fingerprint density at radius 1 is 1.00 bits per heavy atom. The molecule has 260 valence electrons. The fourth-order valence-electron chi connectivity index (χ4n) is 7.70. The van der Waals surface area contributed by atoms with Crippen molar-refractivity contribution >= 4 is 16.8 Å². The Morgan fingerprint density at radius 3 is 2.56 bits per heavy atom.